The van der Waals surface area contributed by atoms with Gasteiger partial charge in [-0.15, -0.1) is 0 Å². The molecule has 3 aliphatic carbocycles. The van der Waals surface area contributed by atoms with E-state index in [-0.39, 0.29) is 53.1 Å². The molecule has 0 bridgehead atoms. The van der Waals surface area contributed by atoms with Gasteiger partial charge in [0, 0.05) is 121 Å². The molecule has 712 valence electrons. The van der Waals surface area contributed by atoms with Crippen molar-refractivity contribution in [1.82, 2.24) is 13.7 Å². The summed E-state index contributed by atoms with van der Waals surface area (Å²) in [5.74, 6) is 0. The number of rotatable bonds is 19. The van der Waals surface area contributed by atoms with Gasteiger partial charge in [0.15, 0.2) is 0 Å². The third kappa shape index (κ3) is 17.2. The molecular formula is C141H118N6. The number of hydrogen-bond acceptors (Lipinski definition) is 3. The first kappa shape index (κ1) is 80.4. The van der Waals surface area contributed by atoms with Crippen LogP contribution in [-0.4, -0.2) is 13.7 Å². The van der Waals surface area contributed by atoms with E-state index in [4.69, 9.17) is 11.0 Å². The summed E-state index contributed by atoms with van der Waals surface area (Å²) in [6.07, 6.45) is 10.3. The third-order valence-corrected chi connectivity index (χ3v) is 31.4. The van der Waals surface area contributed by atoms with Gasteiger partial charge in [-0.1, -0.05) is 403 Å². The number of fused-ring (bicyclic) bond motifs is 11. The van der Waals surface area contributed by atoms with Gasteiger partial charge in [-0.2, -0.15) is 0 Å². The fraction of sp³-hybridized carbons (Fsp3) is 0.135. The maximum atomic E-state index is 9.26. The first-order chi connectivity index (χ1) is 76.8. The lowest BCUT2D eigenvalue weighted by Crippen LogP contribution is -2.30. The van der Waals surface area contributed by atoms with E-state index >= 15 is 0 Å². The van der Waals surface area contributed by atoms with Crippen LogP contribution in [0.3, 0.4) is 0 Å². The van der Waals surface area contributed by atoms with Crippen LogP contribution in [0.15, 0.2) is 515 Å². The van der Waals surface area contributed by atoms with Gasteiger partial charge in [0.2, 0.25) is 0 Å². The Hall–Kier alpha value is -17.1. The summed E-state index contributed by atoms with van der Waals surface area (Å²) in [6, 6.07) is 168. The highest BCUT2D eigenvalue weighted by Crippen LogP contribution is 2.53. The maximum Gasteiger partial charge on any atom is 0.0630 e. The highest BCUT2D eigenvalue weighted by atomic mass is 15.2. The van der Waals surface area contributed by atoms with E-state index in [0.29, 0.717) is 35.2 Å². The minimum atomic E-state index is -0.703. The predicted molar refractivity (Wildman–Crippen MR) is 622 cm³/mol. The average Bonchev–Trinajstić information content (AvgIpc) is 1.46. The second-order valence-corrected chi connectivity index (χ2v) is 39.7. The smallest absolute Gasteiger partial charge is 0.0630 e. The van der Waals surface area contributed by atoms with Crippen molar-refractivity contribution in [2.75, 3.05) is 14.7 Å². The van der Waals surface area contributed by atoms with Crippen molar-refractivity contribution in [2.45, 2.75) is 119 Å². The summed E-state index contributed by atoms with van der Waals surface area (Å²) < 4.78 is 93.6. The van der Waals surface area contributed by atoms with Crippen LogP contribution in [0.5, 0.6) is 0 Å². The molecule has 3 heterocycles. The Bertz CT molecular complexity index is 9350. The van der Waals surface area contributed by atoms with E-state index in [1.807, 2.05) is 48.5 Å². The topological polar surface area (TPSA) is 24.5 Å². The van der Waals surface area contributed by atoms with Crippen molar-refractivity contribution >= 4 is 138 Å². The first-order valence-electron chi connectivity index (χ1n) is 57.2. The van der Waals surface area contributed by atoms with Crippen LogP contribution in [-0.2, 0) is 16.2 Å². The highest BCUT2D eigenvalue weighted by Gasteiger charge is 2.40. The van der Waals surface area contributed by atoms with Gasteiger partial charge in [-0.25, -0.2) is 0 Å². The average molecular weight is 1910 g/mol. The molecule has 24 aromatic rings. The molecule has 3 aliphatic rings. The Kier molecular flexibility index (Phi) is 21.8. The summed E-state index contributed by atoms with van der Waals surface area (Å²) >= 11 is 0. The molecule has 6 heteroatoms. The number of benzene rings is 21. The number of para-hydroxylation sites is 6. The third-order valence-electron chi connectivity index (χ3n) is 31.4. The number of aromatic nitrogens is 3. The zero-order valence-electron chi connectivity index (χ0n) is 92.4. The van der Waals surface area contributed by atoms with Crippen molar-refractivity contribution in [3.8, 4) is 28.2 Å². The van der Waals surface area contributed by atoms with Gasteiger partial charge in [0.05, 0.1) is 48.4 Å². The van der Waals surface area contributed by atoms with Gasteiger partial charge in [-0.05, 0) is 282 Å². The van der Waals surface area contributed by atoms with Gasteiger partial charge in [0.1, 0.15) is 0 Å². The quantitative estimate of drug-likeness (QED) is 0.0806. The second-order valence-electron chi connectivity index (χ2n) is 39.7. The van der Waals surface area contributed by atoms with Crippen molar-refractivity contribution in [3.05, 3.63) is 554 Å². The largest absolute Gasteiger partial charge is 0.310 e. The minimum Gasteiger partial charge on any atom is -0.310 e. The summed E-state index contributed by atoms with van der Waals surface area (Å²) in [5, 5.41) is 11.8. The van der Waals surface area contributed by atoms with Crippen LogP contribution in [0.25, 0.3) is 115 Å². The lowest BCUT2D eigenvalue weighted by molar-refractivity contribution is 0.346. The SMILES string of the molecule is [2H]C1CC(c2ccccc2)(c2ccc(N(c3ccc4c(c3)c3ccccc3n4-c3ccccc3)c3cccc4ccccc34)cc2)CC([2H])C1[2H].[2H]c1cc(-c2c([2H])cc(N(c3ccc(C4(c5ccccc5)CCCCC4)cc3)c3ccc4c(c3)c3ccccc3n4-c3ccccc3)cc2[2H])cc([2H])c1C.[2H]c1cc(C2(c3ccc(N(c4ccc5ccccc5c4)c4ccc5c(c4)c4ccccc4n5-c4ccccc4)cc3)CCCCC2)cc([2H])c1[2H]. The molecule has 3 saturated carbocycles. The van der Waals surface area contributed by atoms with Crippen LogP contribution in [0.4, 0.5) is 51.2 Å². The molecular weight excluding hydrogens is 1780 g/mol. The Labute approximate surface area is 876 Å². The molecule has 27 rings (SSSR count). The van der Waals surface area contributed by atoms with Crippen molar-refractivity contribution in [2.24, 2.45) is 0 Å². The first-order valence-corrected chi connectivity index (χ1v) is 51.9. The molecule has 2 unspecified atom stereocenters. The van der Waals surface area contributed by atoms with Crippen molar-refractivity contribution in [1.29, 1.82) is 0 Å². The summed E-state index contributed by atoms with van der Waals surface area (Å²) in [6.45, 7) is 1.76. The molecule has 0 spiro atoms. The lowest BCUT2D eigenvalue weighted by atomic mass is 9.65. The molecule has 0 N–H and O–H groups in total. The molecule has 2 atom stereocenters. The van der Waals surface area contributed by atoms with Crippen LogP contribution < -0.4 is 14.7 Å². The summed E-state index contributed by atoms with van der Waals surface area (Å²) in [5.41, 5.74) is 27.1. The van der Waals surface area contributed by atoms with E-state index in [0.717, 1.165) is 145 Å². The molecule has 6 nitrogen and oxygen atoms in total. The fourth-order valence-corrected chi connectivity index (χ4v) is 24.2. The highest BCUT2D eigenvalue weighted by molar-refractivity contribution is 6.14. The summed E-state index contributed by atoms with van der Waals surface area (Å²) in [7, 11) is 0. The Morgan fingerprint density at radius 3 is 0.980 bits per heavy atom. The normalized spacial score (nSPS) is 17.4. The van der Waals surface area contributed by atoms with Crippen LogP contribution >= 0.6 is 0 Å². The van der Waals surface area contributed by atoms with E-state index in [1.165, 1.54) is 102 Å². The molecule has 0 aliphatic heterocycles. The van der Waals surface area contributed by atoms with Crippen molar-refractivity contribution < 1.29 is 13.7 Å². The van der Waals surface area contributed by atoms with E-state index in [1.54, 1.807) is 19.1 Å². The minimum absolute atomic E-state index is 0.00468. The molecule has 147 heavy (non-hydrogen) atoms. The predicted octanol–water partition coefficient (Wildman–Crippen LogP) is 38.8. The van der Waals surface area contributed by atoms with Crippen molar-refractivity contribution in [3.63, 3.8) is 0 Å². The van der Waals surface area contributed by atoms with E-state index < -0.39 is 24.6 Å². The Morgan fingerprint density at radius 2 is 0.531 bits per heavy atom. The van der Waals surface area contributed by atoms with E-state index in [2.05, 4.69) is 441 Å². The fourth-order valence-electron chi connectivity index (χ4n) is 24.2. The molecule has 0 radical (unpaired) electrons. The van der Waals surface area contributed by atoms with Gasteiger partial charge >= 0.3 is 0 Å². The van der Waals surface area contributed by atoms with Crippen LogP contribution in [0.2, 0.25) is 0 Å². The number of hydrogen-bond donors (Lipinski definition) is 0. The van der Waals surface area contributed by atoms with E-state index in [9.17, 15) is 2.74 Å². The maximum absolute atomic E-state index is 9.26. The molecule has 0 amide bonds. The number of nitrogens with zero attached hydrogens (tertiary/aromatic N) is 6. The standard InChI is InChI=1S/C49H42N2.2C46H38N2/c1-36-19-21-37(22-20-36)38-23-27-42(28-24-38)50(43-29-25-40(26-30-43)49(33-11-4-12-34-49)39-13-5-2-6-14-39)44-31-32-48-46(35-44)45-17-9-10-18-47(45)51(48)41-15-7-3-8-16-41;1-4-17-35(18-5-1)46(31-12-3-13-32-46)36-25-27-38(28-26-36)47(43-24-14-16-34-15-8-9-21-40(34)43)39-29-30-45-42(33-39)41-22-10-11-23-44(41)48(45)37-19-6-2-7-20-37;1-4-16-36(17-5-1)46(30-12-3-13-31-46)37-23-26-39(27-24-37)47(40-25-22-34-14-8-9-15-35(34)32-40)41-28-29-45-43(33-41)42-20-10-11-21-44(42)48(45)38-18-6-2-7-19-38/h2-3,5-10,13-32,35H,4,11-12,33-34H2,1H3;1-2,4-11,14-30,33H,3,12-13,31-32H2;1-2,4-11,14-29,32-33H,3,12-13,30-31H2/i19D,20D,23D,24D;3D,12D,13D;1D,4D,5D. The Balaban J connectivity index is 0.000000120. The second kappa shape index (κ2) is 39.9. The van der Waals surface area contributed by atoms with Gasteiger partial charge in [0.25, 0.3) is 0 Å². The monoisotopic (exact) mass is 1910 g/mol. The molecule has 21 aromatic carbocycles. The lowest BCUT2D eigenvalue weighted by Gasteiger charge is -2.39. The zero-order valence-corrected chi connectivity index (χ0v) is 82.4. The molecule has 3 aromatic heterocycles. The molecule has 0 saturated heterocycles. The molecule has 3 fully saturated rings. The summed E-state index contributed by atoms with van der Waals surface area (Å²) in [4.78, 5) is 6.88. The Morgan fingerprint density at radius 1 is 0.211 bits per heavy atom. The van der Waals surface area contributed by atoms with Gasteiger partial charge < -0.3 is 28.4 Å². The van der Waals surface area contributed by atoms with Crippen LogP contribution in [0.1, 0.15) is 149 Å². The number of anilines is 9. The van der Waals surface area contributed by atoms with Crippen LogP contribution in [0, 0.1) is 6.92 Å². The van der Waals surface area contributed by atoms with Gasteiger partial charge in [-0.3, -0.25) is 0 Å². The zero-order chi connectivity index (χ0) is 107.